The van der Waals surface area contributed by atoms with Gasteiger partial charge in [-0.25, -0.2) is 4.79 Å². The predicted octanol–water partition coefficient (Wildman–Crippen LogP) is 7.71. The van der Waals surface area contributed by atoms with Crippen molar-refractivity contribution in [2.45, 2.75) is 90.4 Å². The van der Waals surface area contributed by atoms with Crippen LogP contribution in [0.25, 0.3) is 0 Å². The van der Waals surface area contributed by atoms with E-state index in [0.717, 1.165) is 43.4 Å². The maximum Gasteiger partial charge on any atom is 0.338 e. The van der Waals surface area contributed by atoms with E-state index in [-0.39, 0.29) is 5.97 Å². The molecular formula is C24H39BrO3. The zero-order chi connectivity index (χ0) is 20.3. The molecule has 1 aromatic rings. The summed E-state index contributed by atoms with van der Waals surface area (Å²) >= 11 is 3.40. The zero-order valence-electron chi connectivity index (χ0n) is 17.7. The van der Waals surface area contributed by atoms with Gasteiger partial charge in [-0.2, -0.15) is 0 Å². The third-order valence-corrected chi connectivity index (χ3v) is 5.43. The van der Waals surface area contributed by atoms with Crippen molar-refractivity contribution in [1.29, 1.82) is 0 Å². The lowest BCUT2D eigenvalue weighted by molar-refractivity contribution is 0.0498. The summed E-state index contributed by atoms with van der Waals surface area (Å²) < 4.78 is 11.1. The quantitative estimate of drug-likeness (QED) is 0.129. The first-order chi connectivity index (χ1) is 13.8. The maximum atomic E-state index is 12.0. The molecule has 0 saturated carbocycles. The summed E-state index contributed by atoms with van der Waals surface area (Å²) in [5.74, 6) is 0.574. The second-order valence-corrected chi connectivity index (χ2v) is 8.23. The Kier molecular flexibility index (Phi) is 16.1. The van der Waals surface area contributed by atoms with E-state index >= 15 is 0 Å². The molecule has 0 spiro atoms. The summed E-state index contributed by atoms with van der Waals surface area (Å²) in [4.78, 5) is 12.0. The SMILES string of the molecule is CCCCCCCCCCCCOc1ccc(C(=O)OCCCCCBr)cc1. The van der Waals surface area contributed by atoms with E-state index in [4.69, 9.17) is 9.47 Å². The number of halogens is 1. The van der Waals surface area contributed by atoms with E-state index in [1.807, 2.05) is 12.1 Å². The van der Waals surface area contributed by atoms with Gasteiger partial charge in [0.15, 0.2) is 0 Å². The van der Waals surface area contributed by atoms with Crippen molar-refractivity contribution in [2.24, 2.45) is 0 Å². The Morgan fingerprint density at radius 2 is 1.29 bits per heavy atom. The number of hydrogen-bond donors (Lipinski definition) is 0. The summed E-state index contributed by atoms with van der Waals surface area (Å²) in [5.41, 5.74) is 0.590. The Balaban J connectivity index is 2.03. The van der Waals surface area contributed by atoms with Crippen molar-refractivity contribution >= 4 is 21.9 Å². The number of hydrogen-bond acceptors (Lipinski definition) is 3. The molecule has 0 saturated heterocycles. The Hall–Kier alpha value is -1.03. The number of alkyl halides is 1. The van der Waals surface area contributed by atoms with Gasteiger partial charge in [0.05, 0.1) is 18.8 Å². The monoisotopic (exact) mass is 454 g/mol. The average molecular weight is 455 g/mol. The van der Waals surface area contributed by atoms with E-state index in [2.05, 4.69) is 22.9 Å². The molecule has 0 fully saturated rings. The Labute approximate surface area is 180 Å². The van der Waals surface area contributed by atoms with E-state index in [1.165, 1.54) is 57.8 Å². The Morgan fingerprint density at radius 3 is 1.89 bits per heavy atom. The molecule has 0 aliphatic rings. The second-order valence-electron chi connectivity index (χ2n) is 7.44. The van der Waals surface area contributed by atoms with Gasteiger partial charge in [-0.3, -0.25) is 0 Å². The van der Waals surface area contributed by atoms with Gasteiger partial charge in [0, 0.05) is 5.33 Å². The van der Waals surface area contributed by atoms with Crippen molar-refractivity contribution in [3.8, 4) is 5.75 Å². The maximum absolute atomic E-state index is 12.0. The van der Waals surface area contributed by atoms with Gasteiger partial charge in [0.2, 0.25) is 0 Å². The number of carbonyl (C=O) groups is 1. The third kappa shape index (κ3) is 13.2. The van der Waals surface area contributed by atoms with Gasteiger partial charge in [0.1, 0.15) is 5.75 Å². The Bertz CT molecular complexity index is 487. The minimum absolute atomic E-state index is 0.250. The zero-order valence-corrected chi connectivity index (χ0v) is 19.3. The molecule has 0 bridgehead atoms. The number of benzene rings is 1. The molecule has 0 heterocycles. The molecule has 0 amide bonds. The van der Waals surface area contributed by atoms with Gasteiger partial charge in [-0.15, -0.1) is 0 Å². The molecule has 1 rings (SSSR count). The normalized spacial score (nSPS) is 10.8. The average Bonchev–Trinajstić information content (AvgIpc) is 2.72. The van der Waals surface area contributed by atoms with Gasteiger partial charge >= 0.3 is 5.97 Å². The molecule has 0 aromatic heterocycles. The minimum Gasteiger partial charge on any atom is -0.494 e. The highest BCUT2D eigenvalue weighted by Gasteiger charge is 2.07. The van der Waals surface area contributed by atoms with Crippen LogP contribution >= 0.6 is 15.9 Å². The van der Waals surface area contributed by atoms with Crippen LogP contribution < -0.4 is 4.74 Å². The largest absolute Gasteiger partial charge is 0.494 e. The number of unbranched alkanes of at least 4 members (excludes halogenated alkanes) is 11. The van der Waals surface area contributed by atoms with Crippen LogP contribution in [-0.4, -0.2) is 24.5 Å². The topological polar surface area (TPSA) is 35.5 Å². The highest BCUT2D eigenvalue weighted by atomic mass is 79.9. The van der Waals surface area contributed by atoms with Crippen LogP contribution in [0, 0.1) is 0 Å². The molecular weight excluding hydrogens is 416 g/mol. The molecule has 0 atom stereocenters. The molecule has 28 heavy (non-hydrogen) atoms. The summed E-state index contributed by atoms with van der Waals surface area (Å²) in [6.07, 6.45) is 16.3. The highest BCUT2D eigenvalue weighted by Crippen LogP contribution is 2.15. The van der Waals surface area contributed by atoms with Crippen LogP contribution in [-0.2, 0) is 4.74 Å². The highest BCUT2D eigenvalue weighted by molar-refractivity contribution is 9.09. The van der Waals surface area contributed by atoms with E-state index < -0.39 is 0 Å². The number of rotatable bonds is 18. The first-order valence-electron chi connectivity index (χ1n) is 11.2. The van der Waals surface area contributed by atoms with Gasteiger partial charge in [-0.1, -0.05) is 80.6 Å². The third-order valence-electron chi connectivity index (χ3n) is 4.87. The first-order valence-corrected chi connectivity index (χ1v) is 12.4. The van der Waals surface area contributed by atoms with Crippen molar-refractivity contribution < 1.29 is 14.3 Å². The summed E-state index contributed by atoms with van der Waals surface area (Å²) in [7, 11) is 0. The van der Waals surface area contributed by atoms with Gasteiger partial charge in [-0.05, 0) is 49.9 Å². The smallest absolute Gasteiger partial charge is 0.338 e. The molecule has 0 aliphatic carbocycles. The molecule has 3 nitrogen and oxygen atoms in total. The number of carbonyl (C=O) groups excluding carboxylic acids is 1. The summed E-state index contributed by atoms with van der Waals surface area (Å²) in [6.45, 7) is 3.50. The minimum atomic E-state index is -0.250. The Morgan fingerprint density at radius 1 is 0.750 bits per heavy atom. The van der Waals surface area contributed by atoms with E-state index in [1.54, 1.807) is 12.1 Å². The lowest BCUT2D eigenvalue weighted by Crippen LogP contribution is -2.06. The lowest BCUT2D eigenvalue weighted by atomic mass is 10.1. The lowest BCUT2D eigenvalue weighted by Gasteiger charge is -2.08. The van der Waals surface area contributed by atoms with Crippen LogP contribution in [0.4, 0.5) is 0 Å². The predicted molar refractivity (Wildman–Crippen MR) is 122 cm³/mol. The molecule has 1 aromatic carbocycles. The summed E-state index contributed by atoms with van der Waals surface area (Å²) in [6, 6.07) is 7.29. The molecule has 0 aliphatic heterocycles. The van der Waals surface area contributed by atoms with Crippen LogP contribution in [0.3, 0.4) is 0 Å². The van der Waals surface area contributed by atoms with Crippen LogP contribution in [0.5, 0.6) is 5.75 Å². The van der Waals surface area contributed by atoms with Crippen molar-refractivity contribution in [3.63, 3.8) is 0 Å². The van der Waals surface area contributed by atoms with Crippen LogP contribution in [0.1, 0.15) is 101 Å². The van der Waals surface area contributed by atoms with Crippen molar-refractivity contribution in [2.75, 3.05) is 18.5 Å². The van der Waals surface area contributed by atoms with E-state index in [0.29, 0.717) is 12.2 Å². The van der Waals surface area contributed by atoms with Crippen molar-refractivity contribution in [3.05, 3.63) is 29.8 Å². The fourth-order valence-electron chi connectivity index (χ4n) is 3.09. The van der Waals surface area contributed by atoms with Gasteiger partial charge < -0.3 is 9.47 Å². The molecule has 160 valence electrons. The van der Waals surface area contributed by atoms with Crippen LogP contribution in [0.15, 0.2) is 24.3 Å². The molecule has 4 heteroatoms. The summed E-state index contributed by atoms with van der Waals surface area (Å²) in [5, 5.41) is 1.00. The van der Waals surface area contributed by atoms with Gasteiger partial charge in [0.25, 0.3) is 0 Å². The number of esters is 1. The molecule has 0 radical (unpaired) electrons. The standard InChI is InChI=1S/C24H39BrO3/c1-2-3-4-5-6-7-8-9-10-13-20-27-23-17-15-22(16-18-23)24(26)28-21-14-11-12-19-25/h15-18H,2-14,19-21H2,1H3. The van der Waals surface area contributed by atoms with Crippen LogP contribution in [0.2, 0.25) is 0 Å². The molecule has 0 unspecified atom stereocenters. The first kappa shape index (κ1) is 25.0. The number of ether oxygens (including phenoxy) is 2. The van der Waals surface area contributed by atoms with E-state index in [9.17, 15) is 4.79 Å². The fourth-order valence-corrected chi connectivity index (χ4v) is 3.48. The molecule has 0 N–H and O–H groups in total. The fraction of sp³-hybridized carbons (Fsp3) is 0.708. The second kappa shape index (κ2) is 18.0. The van der Waals surface area contributed by atoms with Crippen molar-refractivity contribution in [1.82, 2.24) is 0 Å².